The molecule has 0 amide bonds. The third-order valence-electron chi connectivity index (χ3n) is 3.00. The molecule has 0 fully saturated rings. The largest absolute Gasteiger partial charge is 0.444 e. The molecule has 3 nitrogen and oxygen atoms in total. The first kappa shape index (κ1) is 13.3. The van der Waals surface area contributed by atoms with Crippen molar-refractivity contribution in [1.82, 2.24) is 10.3 Å². The van der Waals surface area contributed by atoms with Crippen molar-refractivity contribution in [3.05, 3.63) is 51.6 Å². The van der Waals surface area contributed by atoms with E-state index >= 15 is 0 Å². The molecule has 0 aliphatic heterocycles. The summed E-state index contributed by atoms with van der Waals surface area (Å²) >= 11 is 3.44. The van der Waals surface area contributed by atoms with Crippen LogP contribution in [-0.4, -0.2) is 4.98 Å². The molecule has 0 saturated carbocycles. The molecule has 1 N–H and O–H groups in total. The minimum absolute atomic E-state index is 0.269. The Morgan fingerprint density at radius 3 is 2.50 bits per heavy atom. The second-order valence-corrected chi connectivity index (χ2v) is 5.32. The number of aromatic nitrogens is 1. The molecule has 0 saturated heterocycles. The minimum Gasteiger partial charge on any atom is -0.444 e. The Bertz CT molecular complexity index is 500. The van der Waals surface area contributed by atoms with E-state index in [0.29, 0.717) is 6.54 Å². The van der Waals surface area contributed by atoms with Crippen molar-refractivity contribution in [2.45, 2.75) is 33.4 Å². The molecule has 0 aliphatic carbocycles. The predicted molar refractivity (Wildman–Crippen MR) is 75.4 cm³/mol. The quantitative estimate of drug-likeness (QED) is 0.930. The van der Waals surface area contributed by atoms with Gasteiger partial charge in [-0.15, -0.1) is 0 Å². The Morgan fingerprint density at radius 1 is 1.28 bits per heavy atom. The van der Waals surface area contributed by atoms with Crippen molar-refractivity contribution in [3.63, 3.8) is 0 Å². The van der Waals surface area contributed by atoms with Gasteiger partial charge < -0.3 is 9.73 Å². The molecule has 18 heavy (non-hydrogen) atoms. The highest BCUT2D eigenvalue weighted by atomic mass is 79.9. The van der Waals surface area contributed by atoms with Crippen LogP contribution in [0, 0.1) is 13.8 Å². The number of oxazole rings is 1. The van der Waals surface area contributed by atoms with Gasteiger partial charge in [0.25, 0.3) is 0 Å². The highest BCUT2D eigenvalue weighted by Crippen LogP contribution is 2.17. The number of nitrogens with zero attached hydrogens (tertiary/aromatic N) is 1. The highest BCUT2D eigenvalue weighted by Gasteiger charge is 2.08. The molecule has 0 aliphatic rings. The number of nitrogens with one attached hydrogen (secondary N) is 1. The summed E-state index contributed by atoms with van der Waals surface area (Å²) in [5, 5.41) is 3.40. The number of hydrogen-bond acceptors (Lipinski definition) is 3. The molecule has 2 aromatic rings. The van der Waals surface area contributed by atoms with E-state index in [-0.39, 0.29) is 6.04 Å². The van der Waals surface area contributed by atoms with Crippen LogP contribution in [0.15, 0.2) is 33.2 Å². The molecule has 0 radical (unpaired) electrons. The fourth-order valence-electron chi connectivity index (χ4n) is 1.72. The van der Waals surface area contributed by atoms with E-state index in [1.165, 1.54) is 5.56 Å². The number of hydrogen-bond donors (Lipinski definition) is 1. The summed E-state index contributed by atoms with van der Waals surface area (Å²) in [6, 6.07) is 8.58. The van der Waals surface area contributed by atoms with Crippen LogP contribution < -0.4 is 5.32 Å². The van der Waals surface area contributed by atoms with Crippen molar-refractivity contribution >= 4 is 15.9 Å². The van der Waals surface area contributed by atoms with E-state index in [9.17, 15) is 0 Å². The van der Waals surface area contributed by atoms with E-state index in [2.05, 4.69) is 45.3 Å². The van der Waals surface area contributed by atoms with Crippen LogP contribution in [0.3, 0.4) is 0 Å². The number of rotatable bonds is 4. The normalized spacial score (nSPS) is 12.7. The zero-order chi connectivity index (χ0) is 13.1. The minimum atomic E-state index is 0.269. The molecule has 1 aromatic heterocycles. The lowest BCUT2D eigenvalue weighted by Gasteiger charge is -2.12. The summed E-state index contributed by atoms with van der Waals surface area (Å²) in [5.74, 6) is 1.64. The molecule has 2 rings (SSSR count). The van der Waals surface area contributed by atoms with E-state index in [1.807, 2.05) is 26.0 Å². The number of halogens is 1. The lowest BCUT2D eigenvalue weighted by atomic mass is 10.1. The second kappa shape index (κ2) is 5.67. The van der Waals surface area contributed by atoms with Crippen LogP contribution >= 0.6 is 15.9 Å². The average molecular weight is 309 g/mol. The molecular weight excluding hydrogens is 292 g/mol. The van der Waals surface area contributed by atoms with Crippen molar-refractivity contribution in [3.8, 4) is 0 Å². The van der Waals surface area contributed by atoms with E-state index in [0.717, 1.165) is 21.8 Å². The molecule has 1 heterocycles. The van der Waals surface area contributed by atoms with Gasteiger partial charge in [-0.3, -0.25) is 0 Å². The Morgan fingerprint density at radius 2 is 1.94 bits per heavy atom. The van der Waals surface area contributed by atoms with Crippen LogP contribution in [-0.2, 0) is 6.54 Å². The topological polar surface area (TPSA) is 38.1 Å². The van der Waals surface area contributed by atoms with Crippen molar-refractivity contribution < 1.29 is 4.42 Å². The predicted octanol–water partition coefficient (Wildman–Crippen LogP) is 3.90. The summed E-state index contributed by atoms with van der Waals surface area (Å²) in [4.78, 5) is 4.35. The number of benzene rings is 1. The van der Waals surface area contributed by atoms with Crippen molar-refractivity contribution in [2.75, 3.05) is 0 Å². The molecule has 1 aromatic carbocycles. The Labute approximate surface area is 116 Å². The Hall–Kier alpha value is -1.13. The summed E-state index contributed by atoms with van der Waals surface area (Å²) in [6.45, 7) is 6.67. The highest BCUT2D eigenvalue weighted by molar-refractivity contribution is 9.10. The summed E-state index contributed by atoms with van der Waals surface area (Å²) in [7, 11) is 0. The first-order valence-corrected chi connectivity index (χ1v) is 6.77. The van der Waals surface area contributed by atoms with Crippen LogP contribution in [0.5, 0.6) is 0 Å². The Kier molecular flexibility index (Phi) is 4.19. The lowest BCUT2D eigenvalue weighted by Crippen LogP contribution is -2.18. The fourth-order valence-corrected chi connectivity index (χ4v) is 1.99. The van der Waals surface area contributed by atoms with Crippen LogP contribution in [0.4, 0.5) is 0 Å². The van der Waals surface area contributed by atoms with Gasteiger partial charge in [0.1, 0.15) is 5.76 Å². The van der Waals surface area contributed by atoms with Gasteiger partial charge in [-0.1, -0.05) is 28.1 Å². The first-order chi connectivity index (χ1) is 8.56. The fraction of sp³-hybridized carbons (Fsp3) is 0.357. The Balaban J connectivity index is 1.95. The monoisotopic (exact) mass is 308 g/mol. The smallest absolute Gasteiger partial charge is 0.208 e. The van der Waals surface area contributed by atoms with Gasteiger partial charge in [0, 0.05) is 10.5 Å². The van der Waals surface area contributed by atoms with E-state index in [1.54, 1.807) is 0 Å². The molecule has 96 valence electrons. The molecular formula is C14H17BrN2O. The number of aryl methyl sites for hydroxylation is 2. The summed E-state index contributed by atoms with van der Waals surface area (Å²) < 4.78 is 6.63. The molecule has 0 spiro atoms. The van der Waals surface area contributed by atoms with Gasteiger partial charge in [-0.2, -0.15) is 0 Å². The van der Waals surface area contributed by atoms with Gasteiger partial charge in [0.05, 0.1) is 12.2 Å². The zero-order valence-corrected chi connectivity index (χ0v) is 12.4. The maximum absolute atomic E-state index is 5.54. The van der Waals surface area contributed by atoms with Crippen molar-refractivity contribution in [1.29, 1.82) is 0 Å². The lowest BCUT2D eigenvalue weighted by molar-refractivity contribution is 0.432. The van der Waals surface area contributed by atoms with Gasteiger partial charge in [0.2, 0.25) is 5.89 Å². The van der Waals surface area contributed by atoms with Gasteiger partial charge in [0.15, 0.2) is 0 Å². The average Bonchev–Trinajstić information content (AvgIpc) is 2.67. The van der Waals surface area contributed by atoms with Crippen LogP contribution in [0.2, 0.25) is 0 Å². The van der Waals surface area contributed by atoms with Crippen LogP contribution in [0.1, 0.15) is 35.9 Å². The van der Waals surface area contributed by atoms with Crippen LogP contribution in [0.25, 0.3) is 0 Å². The van der Waals surface area contributed by atoms with E-state index in [4.69, 9.17) is 4.42 Å². The molecule has 0 bridgehead atoms. The third kappa shape index (κ3) is 3.21. The molecule has 4 heteroatoms. The van der Waals surface area contributed by atoms with Gasteiger partial charge >= 0.3 is 0 Å². The SMILES string of the molecule is Cc1nc(CN[C@@H](C)c2ccc(Br)cc2)oc1C. The molecule has 1 atom stereocenters. The van der Waals surface area contributed by atoms with Gasteiger partial charge in [-0.05, 0) is 38.5 Å². The second-order valence-electron chi connectivity index (χ2n) is 4.40. The summed E-state index contributed by atoms with van der Waals surface area (Å²) in [6.07, 6.45) is 0. The first-order valence-electron chi connectivity index (χ1n) is 5.98. The standard InChI is InChI=1S/C14H17BrN2O/c1-9-11(3)18-14(17-9)8-16-10(2)12-4-6-13(15)7-5-12/h4-7,10,16H,8H2,1-3H3/t10-/m0/s1. The van der Waals surface area contributed by atoms with E-state index < -0.39 is 0 Å². The summed E-state index contributed by atoms with van der Waals surface area (Å²) in [5.41, 5.74) is 2.21. The maximum Gasteiger partial charge on any atom is 0.208 e. The van der Waals surface area contributed by atoms with Crippen molar-refractivity contribution in [2.24, 2.45) is 0 Å². The van der Waals surface area contributed by atoms with Gasteiger partial charge in [-0.25, -0.2) is 4.98 Å². The third-order valence-corrected chi connectivity index (χ3v) is 3.53. The maximum atomic E-state index is 5.54. The molecule has 0 unspecified atom stereocenters. The zero-order valence-electron chi connectivity index (χ0n) is 10.8.